The fourth-order valence-electron chi connectivity index (χ4n) is 3.32. The third-order valence-corrected chi connectivity index (χ3v) is 5.92. The number of amides is 1. The van der Waals surface area contributed by atoms with Crippen molar-refractivity contribution in [3.05, 3.63) is 70.4 Å². The Morgan fingerprint density at radius 2 is 1.61 bits per heavy atom. The second kappa shape index (κ2) is 8.32. The lowest BCUT2D eigenvalue weighted by Gasteiger charge is -2.15. The molecule has 0 spiro atoms. The number of halogens is 6. The average molecular weight is 487 g/mol. The standard InChI is InChI=1S/C21H15F6N3O2S/c1-32-15-4-2-14(3-5-15)30-18(16-9-33-10-17(16)29-30)28-19(31)11-6-12(20(22,23)24)8-13(7-11)21(25,26)27/h2-8H,9-10H2,1H3,(H,28,31). The SMILES string of the molecule is COc1ccc(-n2nc3c(c2NC(=O)c2cc(C(F)(F)F)cc(C(F)(F)F)c2)CSC3)cc1. The van der Waals surface area contributed by atoms with Crippen molar-refractivity contribution in [2.75, 3.05) is 12.4 Å². The molecule has 2 aromatic carbocycles. The molecule has 1 aliphatic heterocycles. The van der Waals surface area contributed by atoms with Crippen LogP contribution in [-0.2, 0) is 23.9 Å². The first-order chi connectivity index (χ1) is 15.5. The number of hydrogen-bond acceptors (Lipinski definition) is 4. The molecule has 33 heavy (non-hydrogen) atoms. The van der Waals surface area contributed by atoms with Gasteiger partial charge in [0.1, 0.15) is 11.6 Å². The van der Waals surface area contributed by atoms with Crippen LogP contribution in [0.4, 0.5) is 32.2 Å². The lowest BCUT2D eigenvalue weighted by Crippen LogP contribution is -2.19. The van der Waals surface area contributed by atoms with Gasteiger partial charge in [-0.25, -0.2) is 4.68 Å². The van der Waals surface area contributed by atoms with Gasteiger partial charge in [-0.1, -0.05) is 0 Å². The molecule has 0 bridgehead atoms. The van der Waals surface area contributed by atoms with Crippen molar-refractivity contribution in [3.8, 4) is 11.4 Å². The van der Waals surface area contributed by atoms with E-state index >= 15 is 0 Å². The number of hydrogen-bond donors (Lipinski definition) is 1. The van der Waals surface area contributed by atoms with E-state index in [1.165, 1.54) is 23.6 Å². The van der Waals surface area contributed by atoms with Crippen LogP contribution in [0.5, 0.6) is 5.75 Å². The number of alkyl halides is 6. The lowest BCUT2D eigenvalue weighted by molar-refractivity contribution is -0.143. The topological polar surface area (TPSA) is 56.1 Å². The van der Waals surface area contributed by atoms with E-state index in [2.05, 4.69) is 10.4 Å². The molecule has 0 unspecified atom stereocenters. The fraction of sp³-hybridized carbons (Fsp3) is 0.238. The monoisotopic (exact) mass is 487 g/mol. The molecule has 0 fully saturated rings. The van der Waals surface area contributed by atoms with Crippen LogP contribution in [0.2, 0.25) is 0 Å². The molecular formula is C21H15F6N3O2S. The number of benzene rings is 2. The van der Waals surface area contributed by atoms with Crippen molar-refractivity contribution < 1.29 is 35.9 Å². The fourth-order valence-corrected chi connectivity index (χ4v) is 4.35. The summed E-state index contributed by atoms with van der Waals surface area (Å²) >= 11 is 1.52. The van der Waals surface area contributed by atoms with Gasteiger partial charge in [0.15, 0.2) is 0 Å². The summed E-state index contributed by atoms with van der Waals surface area (Å²) in [6.07, 6.45) is -10.1. The van der Waals surface area contributed by atoms with Gasteiger partial charge in [0, 0.05) is 22.6 Å². The Labute approximate surface area is 187 Å². The maximum Gasteiger partial charge on any atom is 0.416 e. The zero-order valence-electron chi connectivity index (χ0n) is 16.8. The van der Waals surface area contributed by atoms with Crippen LogP contribution in [0.25, 0.3) is 5.69 Å². The van der Waals surface area contributed by atoms with Gasteiger partial charge in [0.25, 0.3) is 5.91 Å². The van der Waals surface area contributed by atoms with Crippen molar-refractivity contribution in [1.82, 2.24) is 9.78 Å². The van der Waals surface area contributed by atoms with E-state index in [4.69, 9.17) is 4.74 Å². The quantitative estimate of drug-likeness (QED) is 0.465. The van der Waals surface area contributed by atoms with Crippen LogP contribution < -0.4 is 10.1 Å². The van der Waals surface area contributed by atoms with E-state index < -0.39 is 35.0 Å². The maximum atomic E-state index is 13.2. The first kappa shape index (κ1) is 23.0. The second-order valence-electron chi connectivity index (χ2n) is 7.13. The summed E-state index contributed by atoms with van der Waals surface area (Å²) in [4.78, 5) is 12.8. The van der Waals surface area contributed by atoms with E-state index in [-0.39, 0.29) is 11.9 Å². The number of carbonyl (C=O) groups is 1. The van der Waals surface area contributed by atoms with Crippen molar-refractivity contribution in [2.45, 2.75) is 23.9 Å². The van der Waals surface area contributed by atoms with Gasteiger partial charge in [0.05, 0.1) is 29.6 Å². The summed E-state index contributed by atoms with van der Waals surface area (Å²) in [5.74, 6) is 0.695. The molecule has 2 heterocycles. The van der Waals surface area contributed by atoms with E-state index in [0.717, 1.165) is 0 Å². The molecule has 0 saturated carbocycles. The van der Waals surface area contributed by atoms with Crippen molar-refractivity contribution in [2.24, 2.45) is 0 Å². The van der Waals surface area contributed by atoms with Crippen LogP contribution in [0.1, 0.15) is 32.7 Å². The molecular weight excluding hydrogens is 472 g/mol. The Bertz CT molecular complexity index is 1170. The Kier molecular flexibility index (Phi) is 5.81. The number of methoxy groups -OCH3 is 1. The van der Waals surface area contributed by atoms with E-state index in [1.807, 2.05) is 0 Å². The maximum absolute atomic E-state index is 13.2. The number of nitrogens with one attached hydrogen (secondary N) is 1. The summed E-state index contributed by atoms with van der Waals surface area (Å²) in [6.45, 7) is 0. The van der Waals surface area contributed by atoms with Gasteiger partial charge in [-0.3, -0.25) is 4.79 Å². The molecule has 174 valence electrons. The molecule has 1 aromatic heterocycles. The summed E-state index contributed by atoms with van der Waals surface area (Å²) < 4.78 is 85.6. The van der Waals surface area contributed by atoms with Crippen LogP contribution >= 0.6 is 11.8 Å². The molecule has 1 N–H and O–H groups in total. The van der Waals surface area contributed by atoms with Crippen molar-refractivity contribution in [3.63, 3.8) is 0 Å². The number of ether oxygens (including phenoxy) is 1. The summed E-state index contributed by atoms with van der Waals surface area (Å²) in [7, 11) is 1.49. The Hall–Kier alpha value is -3.15. The van der Waals surface area contributed by atoms with Crippen molar-refractivity contribution >= 4 is 23.5 Å². The van der Waals surface area contributed by atoms with Gasteiger partial charge < -0.3 is 10.1 Å². The molecule has 5 nitrogen and oxygen atoms in total. The summed E-state index contributed by atoms with van der Waals surface area (Å²) in [5.41, 5.74) is -2.03. The number of thioether (sulfide) groups is 1. The average Bonchev–Trinajstić information content (AvgIpc) is 3.35. The molecule has 0 radical (unpaired) electrons. The van der Waals surface area contributed by atoms with Gasteiger partial charge in [-0.05, 0) is 42.5 Å². The van der Waals surface area contributed by atoms with Crippen LogP contribution in [0, 0.1) is 0 Å². The van der Waals surface area contributed by atoms with Gasteiger partial charge in [-0.2, -0.15) is 43.2 Å². The third kappa shape index (κ3) is 4.65. The van der Waals surface area contributed by atoms with Crippen LogP contribution in [0.15, 0.2) is 42.5 Å². The van der Waals surface area contributed by atoms with Crippen LogP contribution in [-0.4, -0.2) is 22.8 Å². The number of aromatic nitrogens is 2. The first-order valence-electron chi connectivity index (χ1n) is 9.41. The molecule has 4 rings (SSSR count). The number of rotatable bonds is 4. The normalized spacial score (nSPS) is 13.7. The van der Waals surface area contributed by atoms with Gasteiger partial charge >= 0.3 is 12.4 Å². The van der Waals surface area contributed by atoms with Crippen molar-refractivity contribution in [1.29, 1.82) is 0 Å². The highest BCUT2D eigenvalue weighted by Crippen LogP contribution is 2.38. The molecule has 0 atom stereocenters. The lowest BCUT2D eigenvalue weighted by atomic mass is 10.0. The smallest absolute Gasteiger partial charge is 0.416 e. The minimum atomic E-state index is -5.06. The Morgan fingerprint density at radius 3 is 2.15 bits per heavy atom. The van der Waals surface area contributed by atoms with E-state index in [9.17, 15) is 31.1 Å². The zero-order chi connectivity index (χ0) is 24.0. The minimum Gasteiger partial charge on any atom is -0.497 e. The van der Waals surface area contributed by atoms with Gasteiger partial charge in [-0.15, -0.1) is 0 Å². The third-order valence-electron chi connectivity index (χ3n) is 4.95. The molecule has 0 saturated heterocycles. The Balaban J connectivity index is 1.75. The highest BCUT2D eigenvalue weighted by molar-refractivity contribution is 7.98. The Morgan fingerprint density at radius 1 is 1.00 bits per heavy atom. The number of fused-ring (bicyclic) bond motifs is 1. The molecule has 3 aromatic rings. The minimum absolute atomic E-state index is 0.0211. The number of carbonyl (C=O) groups excluding carboxylic acids is 1. The molecule has 0 aliphatic carbocycles. The highest BCUT2D eigenvalue weighted by atomic mass is 32.2. The zero-order valence-corrected chi connectivity index (χ0v) is 17.7. The molecule has 1 aliphatic rings. The number of anilines is 1. The molecule has 1 amide bonds. The number of nitrogens with zero attached hydrogens (tertiary/aromatic N) is 2. The van der Waals surface area contributed by atoms with Crippen LogP contribution in [0.3, 0.4) is 0 Å². The van der Waals surface area contributed by atoms with E-state index in [1.54, 1.807) is 24.3 Å². The second-order valence-corrected chi connectivity index (χ2v) is 8.11. The highest BCUT2D eigenvalue weighted by Gasteiger charge is 2.37. The predicted molar refractivity (Wildman–Crippen MR) is 110 cm³/mol. The van der Waals surface area contributed by atoms with E-state index in [0.29, 0.717) is 46.3 Å². The summed E-state index contributed by atoms with van der Waals surface area (Å²) in [6, 6.07) is 7.41. The molecule has 12 heteroatoms. The predicted octanol–water partition coefficient (Wildman–Crippen LogP) is 5.92. The first-order valence-corrected chi connectivity index (χ1v) is 10.6. The summed E-state index contributed by atoms with van der Waals surface area (Å²) in [5, 5.41) is 6.93. The largest absolute Gasteiger partial charge is 0.497 e. The van der Waals surface area contributed by atoms with Gasteiger partial charge in [0.2, 0.25) is 0 Å².